The van der Waals surface area contributed by atoms with Crippen molar-refractivity contribution in [2.75, 3.05) is 40.3 Å². The molecule has 7 nitrogen and oxygen atoms in total. The Morgan fingerprint density at radius 3 is 2.44 bits per heavy atom. The number of urea groups is 1. The number of carbonyl (C=O) groups excluding carboxylic acids is 3. The van der Waals surface area contributed by atoms with E-state index < -0.39 is 5.54 Å². The number of halogens is 1. The zero-order valence-corrected chi connectivity index (χ0v) is 21.5. The number of nitrogens with one attached hydrogen (secondary N) is 1. The van der Waals surface area contributed by atoms with Crippen molar-refractivity contribution in [1.29, 1.82) is 0 Å². The molecule has 1 unspecified atom stereocenters. The number of nitrogens with zero attached hydrogens (tertiary/aromatic N) is 3. The topological polar surface area (TPSA) is 73.0 Å². The van der Waals surface area contributed by atoms with Crippen LogP contribution in [-0.2, 0) is 9.59 Å². The van der Waals surface area contributed by atoms with Crippen LogP contribution in [0.3, 0.4) is 0 Å². The highest BCUT2D eigenvalue weighted by Crippen LogP contribution is 2.38. The van der Waals surface area contributed by atoms with Gasteiger partial charge >= 0.3 is 6.03 Å². The van der Waals surface area contributed by atoms with E-state index in [2.05, 4.69) is 19.2 Å². The fourth-order valence-corrected chi connectivity index (χ4v) is 4.88. The van der Waals surface area contributed by atoms with Crippen LogP contribution in [0.5, 0.6) is 0 Å². The van der Waals surface area contributed by atoms with Crippen molar-refractivity contribution in [3.05, 3.63) is 40.9 Å². The molecule has 2 aliphatic heterocycles. The van der Waals surface area contributed by atoms with Gasteiger partial charge < -0.3 is 15.1 Å². The first kappa shape index (κ1) is 26.2. The minimum absolute atomic E-state index is 0.0105. The summed E-state index contributed by atoms with van der Waals surface area (Å²) in [6, 6.07) is 7.03. The van der Waals surface area contributed by atoms with E-state index in [-0.39, 0.29) is 23.8 Å². The molecule has 0 aromatic heterocycles. The predicted molar refractivity (Wildman–Crippen MR) is 135 cm³/mol. The number of likely N-dealkylation sites (tertiary alicyclic amines) is 1. The minimum Gasteiger partial charge on any atom is -0.339 e. The molecule has 1 N–H and O–H groups in total. The molecule has 3 rings (SSSR count). The number of rotatable bonds is 9. The zero-order chi connectivity index (χ0) is 24.9. The van der Waals surface area contributed by atoms with Crippen molar-refractivity contribution in [3.63, 3.8) is 0 Å². The highest BCUT2D eigenvalue weighted by atomic mass is 35.5. The molecule has 0 radical (unpaired) electrons. The van der Waals surface area contributed by atoms with E-state index in [4.69, 9.17) is 11.6 Å². The smallest absolute Gasteiger partial charge is 0.325 e. The Labute approximate surface area is 208 Å². The van der Waals surface area contributed by atoms with Gasteiger partial charge in [-0.15, -0.1) is 0 Å². The van der Waals surface area contributed by atoms with Crippen molar-refractivity contribution in [1.82, 2.24) is 20.0 Å². The largest absolute Gasteiger partial charge is 0.339 e. The maximum atomic E-state index is 13.6. The molecule has 1 aromatic rings. The Morgan fingerprint density at radius 2 is 1.85 bits per heavy atom. The maximum Gasteiger partial charge on any atom is 0.325 e. The molecule has 0 saturated carbocycles. The van der Waals surface area contributed by atoms with Gasteiger partial charge in [0.2, 0.25) is 5.91 Å². The SMILES string of the molecule is CC(C)CCC1(C2CCN(C(=O)/C=C/c3ccc(Cl)cc3)CC2)NC(=O)N(CCN(C)C)C1=O. The van der Waals surface area contributed by atoms with Gasteiger partial charge in [-0.05, 0) is 75.4 Å². The van der Waals surface area contributed by atoms with E-state index in [1.165, 1.54) is 4.90 Å². The Kier molecular flexibility index (Phi) is 8.77. The number of likely N-dealkylation sites (N-methyl/N-ethyl adjacent to an activating group) is 1. The number of benzene rings is 1. The van der Waals surface area contributed by atoms with Crippen LogP contribution in [0.4, 0.5) is 4.79 Å². The van der Waals surface area contributed by atoms with E-state index in [0.717, 1.165) is 12.0 Å². The quantitative estimate of drug-likeness (QED) is 0.423. The first-order valence-electron chi connectivity index (χ1n) is 12.1. The van der Waals surface area contributed by atoms with Crippen molar-refractivity contribution in [3.8, 4) is 0 Å². The first-order chi connectivity index (χ1) is 16.1. The summed E-state index contributed by atoms with van der Waals surface area (Å²) < 4.78 is 0. The minimum atomic E-state index is -0.873. The molecule has 186 valence electrons. The van der Waals surface area contributed by atoms with Gasteiger partial charge in [0.25, 0.3) is 5.91 Å². The summed E-state index contributed by atoms with van der Waals surface area (Å²) >= 11 is 5.92. The van der Waals surface area contributed by atoms with Gasteiger partial charge in [-0.25, -0.2) is 4.79 Å². The van der Waals surface area contributed by atoms with Crippen LogP contribution in [0.1, 0.15) is 45.1 Å². The van der Waals surface area contributed by atoms with Gasteiger partial charge in [0.15, 0.2) is 0 Å². The van der Waals surface area contributed by atoms with Crippen LogP contribution in [-0.4, -0.2) is 78.4 Å². The van der Waals surface area contributed by atoms with Crippen LogP contribution in [0.25, 0.3) is 6.08 Å². The number of hydrogen-bond acceptors (Lipinski definition) is 4. The summed E-state index contributed by atoms with van der Waals surface area (Å²) in [5.74, 6) is 0.292. The van der Waals surface area contributed by atoms with Gasteiger partial charge in [-0.3, -0.25) is 14.5 Å². The van der Waals surface area contributed by atoms with Crippen molar-refractivity contribution < 1.29 is 14.4 Å². The van der Waals surface area contributed by atoms with Gasteiger partial charge in [0, 0.05) is 37.3 Å². The second kappa shape index (κ2) is 11.4. The predicted octanol–water partition coefficient (Wildman–Crippen LogP) is 3.88. The van der Waals surface area contributed by atoms with Crippen molar-refractivity contribution in [2.24, 2.45) is 11.8 Å². The average Bonchev–Trinajstić information content (AvgIpc) is 3.05. The molecule has 34 heavy (non-hydrogen) atoms. The monoisotopic (exact) mass is 488 g/mol. The van der Waals surface area contributed by atoms with Gasteiger partial charge in [0.1, 0.15) is 5.54 Å². The summed E-state index contributed by atoms with van der Waals surface area (Å²) in [6.45, 7) is 6.41. The Hall–Kier alpha value is -2.38. The fourth-order valence-electron chi connectivity index (χ4n) is 4.75. The molecule has 2 aliphatic rings. The Bertz CT molecular complexity index is 907. The molecule has 2 heterocycles. The first-order valence-corrected chi connectivity index (χ1v) is 12.5. The fraction of sp³-hybridized carbons (Fsp3) is 0.577. The van der Waals surface area contributed by atoms with E-state index in [0.29, 0.717) is 56.4 Å². The molecule has 1 aromatic carbocycles. The lowest BCUT2D eigenvalue weighted by Crippen LogP contribution is -2.56. The summed E-state index contributed by atoms with van der Waals surface area (Å²) in [5.41, 5.74) is 0.0412. The molecular weight excluding hydrogens is 452 g/mol. The third-order valence-corrected chi connectivity index (χ3v) is 7.13. The second-order valence-electron chi connectivity index (χ2n) is 10.1. The summed E-state index contributed by atoms with van der Waals surface area (Å²) in [6.07, 6.45) is 6.24. The van der Waals surface area contributed by atoms with E-state index in [1.807, 2.05) is 36.0 Å². The lowest BCUT2D eigenvalue weighted by atomic mass is 9.74. The summed E-state index contributed by atoms with van der Waals surface area (Å²) in [4.78, 5) is 44.3. The molecule has 4 amide bonds. The summed E-state index contributed by atoms with van der Waals surface area (Å²) in [5, 5.41) is 3.76. The van der Waals surface area contributed by atoms with Crippen LogP contribution in [0.15, 0.2) is 30.3 Å². The molecule has 8 heteroatoms. The van der Waals surface area contributed by atoms with Crippen LogP contribution >= 0.6 is 11.6 Å². The molecule has 2 saturated heterocycles. The Morgan fingerprint density at radius 1 is 1.21 bits per heavy atom. The lowest BCUT2D eigenvalue weighted by Gasteiger charge is -2.41. The van der Waals surface area contributed by atoms with Gasteiger partial charge in [-0.2, -0.15) is 0 Å². The zero-order valence-electron chi connectivity index (χ0n) is 20.7. The molecule has 1 atom stereocenters. The number of carbonyl (C=O) groups is 3. The van der Waals surface area contributed by atoms with Crippen LogP contribution < -0.4 is 5.32 Å². The Balaban J connectivity index is 1.67. The number of piperidine rings is 1. The van der Waals surface area contributed by atoms with E-state index >= 15 is 0 Å². The second-order valence-corrected chi connectivity index (χ2v) is 10.5. The lowest BCUT2D eigenvalue weighted by molar-refractivity contribution is -0.135. The number of amides is 4. The third-order valence-electron chi connectivity index (χ3n) is 6.88. The molecule has 0 bridgehead atoms. The van der Waals surface area contributed by atoms with Crippen molar-refractivity contribution >= 4 is 35.5 Å². The molecule has 0 spiro atoms. The molecule has 0 aliphatic carbocycles. The van der Waals surface area contributed by atoms with Crippen LogP contribution in [0.2, 0.25) is 5.02 Å². The molecule has 2 fully saturated rings. The highest BCUT2D eigenvalue weighted by Gasteiger charge is 2.55. The van der Waals surface area contributed by atoms with Crippen molar-refractivity contribution in [2.45, 2.75) is 45.1 Å². The normalized spacial score (nSPS) is 21.9. The van der Waals surface area contributed by atoms with Crippen LogP contribution in [0, 0.1) is 11.8 Å². The maximum absolute atomic E-state index is 13.6. The number of imide groups is 1. The summed E-state index contributed by atoms with van der Waals surface area (Å²) in [7, 11) is 3.86. The highest BCUT2D eigenvalue weighted by molar-refractivity contribution is 6.30. The van der Waals surface area contributed by atoms with Gasteiger partial charge in [-0.1, -0.05) is 37.6 Å². The molecular formula is C26H37ClN4O3. The van der Waals surface area contributed by atoms with E-state index in [1.54, 1.807) is 24.3 Å². The van der Waals surface area contributed by atoms with E-state index in [9.17, 15) is 14.4 Å². The average molecular weight is 489 g/mol. The number of hydrogen-bond donors (Lipinski definition) is 1. The standard InChI is InChI=1S/C26H37ClN4O3/c1-19(2)11-14-26(24(33)31(25(34)28-26)18-17-29(3)4)21-12-15-30(16-13-21)23(32)10-7-20-5-8-22(27)9-6-20/h5-10,19,21H,11-18H2,1-4H3,(H,28,34)/b10-7+. The third kappa shape index (κ3) is 6.19. The van der Waals surface area contributed by atoms with Gasteiger partial charge in [0.05, 0.1) is 0 Å².